The Kier molecular flexibility index (Phi) is 8.10. The molecule has 106 valence electrons. The summed E-state index contributed by atoms with van der Waals surface area (Å²) in [5, 5.41) is 0. The molecule has 0 radical (unpaired) electrons. The van der Waals surface area contributed by atoms with Gasteiger partial charge in [0.05, 0.1) is 13.2 Å². The number of benzene rings is 1. The number of carbonyl (C=O) groups excluding carboxylic acids is 1. The van der Waals surface area contributed by atoms with Crippen LogP contribution in [-0.2, 0) is 15.9 Å². The van der Waals surface area contributed by atoms with Crippen molar-refractivity contribution in [3.05, 3.63) is 35.4 Å². The number of ketones is 1. The first-order chi connectivity index (χ1) is 9.27. The Bertz CT molecular complexity index is 357. The second-order valence-electron chi connectivity index (χ2n) is 4.54. The van der Waals surface area contributed by atoms with Crippen LogP contribution in [0.15, 0.2) is 24.3 Å². The zero-order valence-corrected chi connectivity index (χ0v) is 12.0. The second-order valence-corrected chi connectivity index (χ2v) is 4.54. The molecule has 0 atom stereocenters. The standard InChI is InChI=1S/C16H24O3/c1-3-5-14-6-8-15(9-7-14)16(17)13-19-12-11-18-10-4-2/h6-9H,3-5,10-13H2,1-2H3. The minimum Gasteiger partial charge on any atom is -0.379 e. The summed E-state index contributed by atoms with van der Waals surface area (Å²) in [7, 11) is 0. The highest BCUT2D eigenvalue weighted by atomic mass is 16.5. The smallest absolute Gasteiger partial charge is 0.188 e. The van der Waals surface area contributed by atoms with Crippen LogP contribution in [0.5, 0.6) is 0 Å². The SMILES string of the molecule is CCCOCCOCC(=O)c1ccc(CCC)cc1. The first-order valence-electron chi connectivity index (χ1n) is 7.05. The van der Waals surface area contributed by atoms with Gasteiger partial charge in [-0.25, -0.2) is 0 Å². The van der Waals surface area contributed by atoms with Crippen molar-refractivity contribution >= 4 is 5.78 Å². The van der Waals surface area contributed by atoms with E-state index in [0.717, 1.165) is 25.9 Å². The number of aryl methyl sites for hydroxylation is 1. The number of hydrogen-bond donors (Lipinski definition) is 0. The molecule has 3 heteroatoms. The molecule has 1 aromatic carbocycles. The highest BCUT2D eigenvalue weighted by molar-refractivity contribution is 5.97. The third kappa shape index (κ3) is 6.50. The van der Waals surface area contributed by atoms with Gasteiger partial charge in [0, 0.05) is 12.2 Å². The van der Waals surface area contributed by atoms with Crippen molar-refractivity contribution in [2.24, 2.45) is 0 Å². The summed E-state index contributed by atoms with van der Waals surface area (Å²) in [6.07, 6.45) is 3.18. The fourth-order valence-corrected chi connectivity index (χ4v) is 1.76. The minimum absolute atomic E-state index is 0.0264. The lowest BCUT2D eigenvalue weighted by Gasteiger charge is -2.05. The van der Waals surface area contributed by atoms with Gasteiger partial charge in [-0.05, 0) is 18.4 Å². The van der Waals surface area contributed by atoms with Crippen LogP contribution in [0, 0.1) is 0 Å². The van der Waals surface area contributed by atoms with Crippen molar-refractivity contribution in [3.8, 4) is 0 Å². The van der Waals surface area contributed by atoms with Crippen LogP contribution < -0.4 is 0 Å². The Morgan fingerprint density at radius 2 is 1.63 bits per heavy atom. The van der Waals surface area contributed by atoms with Crippen molar-refractivity contribution < 1.29 is 14.3 Å². The molecule has 0 aliphatic heterocycles. The maximum atomic E-state index is 11.8. The molecule has 0 aliphatic carbocycles. The topological polar surface area (TPSA) is 35.5 Å². The predicted octanol–water partition coefficient (Wildman–Crippen LogP) is 3.27. The van der Waals surface area contributed by atoms with Gasteiger partial charge in [0.25, 0.3) is 0 Å². The molecule has 0 unspecified atom stereocenters. The maximum Gasteiger partial charge on any atom is 0.188 e. The van der Waals surface area contributed by atoms with Gasteiger partial charge in [-0.15, -0.1) is 0 Å². The van der Waals surface area contributed by atoms with Crippen molar-refractivity contribution in [1.82, 2.24) is 0 Å². The molecule has 0 aromatic heterocycles. The Balaban J connectivity index is 2.25. The summed E-state index contributed by atoms with van der Waals surface area (Å²) in [6.45, 7) is 6.11. The van der Waals surface area contributed by atoms with Crippen LogP contribution in [0.1, 0.15) is 42.6 Å². The van der Waals surface area contributed by atoms with Crippen molar-refractivity contribution in [2.75, 3.05) is 26.4 Å². The van der Waals surface area contributed by atoms with Crippen LogP contribution in [0.3, 0.4) is 0 Å². The summed E-state index contributed by atoms with van der Waals surface area (Å²) >= 11 is 0. The molecule has 0 aliphatic rings. The third-order valence-corrected chi connectivity index (χ3v) is 2.77. The lowest BCUT2D eigenvalue weighted by molar-refractivity contribution is 0.0441. The van der Waals surface area contributed by atoms with E-state index >= 15 is 0 Å². The summed E-state index contributed by atoms with van der Waals surface area (Å²) in [5.74, 6) is 0.0264. The number of hydrogen-bond acceptors (Lipinski definition) is 3. The number of ether oxygens (including phenoxy) is 2. The highest BCUT2D eigenvalue weighted by Gasteiger charge is 2.05. The second kappa shape index (κ2) is 9.70. The fraction of sp³-hybridized carbons (Fsp3) is 0.562. The van der Waals surface area contributed by atoms with E-state index in [1.807, 2.05) is 24.3 Å². The van der Waals surface area contributed by atoms with E-state index in [1.54, 1.807) is 0 Å². The minimum atomic E-state index is 0.0264. The molecule has 0 amide bonds. The fourth-order valence-electron chi connectivity index (χ4n) is 1.76. The summed E-state index contributed by atoms with van der Waals surface area (Å²) in [4.78, 5) is 11.8. The van der Waals surface area contributed by atoms with E-state index in [4.69, 9.17) is 9.47 Å². The summed E-state index contributed by atoms with van der Waals surface area (Å²) in [6, 6.07) is 7.79. The molecule has 0 saturated heterocycles. The molecule has 0 fully saturated rings. The highest BCUT2D eigenvalue weighted by Crippen LogP contribution is 2.07. The molecule has 19 heavy (non-hydrogen) atoms. The normalized spacial score (nSPS) is 10.6. The van der Waals surface area contributed by atoms with Gasteiger partial charge in [-0.3, -0.25) is 4.79 Å². The van der Waals surface area contributed by atoms with Gasteiger partial charge >= 0.3 is 0 Å². The van der Waals surface area contributed by atoms with Crippen molar-refractivity contribution in [3.63, 3.8) is 0 Å². The molecule has 1 rings (SSSR count). The Labute approximate surface area is 115 Å². The Hall–Kier alpha value is -1.19. The van der Waals surface area contributed by atoms with Gasteiger partial charge < -0.3 is 9.47 Å². The molecule has 0 saturated carbocycles. The van der Waals surface area contributed by atoms with E-state index in [0.29, 0.717) is 18.8 Å². The predicted molar refractivity (Wildman–Crippen MR) is 76.7 cm³/mol. The average molecular weight is 264 g/mol. The zero-order chi connectivity index (χ0) is 13.9. The lowest BCUT2D eigenvalue weighted by atomic mass is 10.1. The van der Waals surface area contributed by atoms with Gasteiger partial charge in [0.1, 0.15) is 6.61 Å². The summed E-state index contributed by atoms with van der Waals surface area (Å²) < 4.78 is 10.6. The monoisotopic (exact) mass is 264 g/mol. The number of carbonyl (C=O) groups is 1. The third-order valence-electron chi connectivity index (χ3n) is 2.77. The van der Waals surface area contributed by atoms with Crippen LogP contribution in [0.2, 0.25) is 0 Å². The molecule has 0 heterocycles. The van der Waals surface area contributed by atoms with Crippen LogP contribution in [0.4, 0.5) is 0 Å². The van der Waals surface area contributed by atoms with E-state index in [-0.39, 0.29) is 12.4 Å². The van der Waals surface area contributed by atoms with Gasteiger partial charge in [-0.2, -0.15) is 0 Å². The van der Waals surface area contributed by atoms with Crippen LogP contribution in [-0.4, -0.2) is 32.2 Å². The van der Waals surface area contributed by atoms with Crippen LogP contribution >= 0.6 is 0 Å². The van der Waals surface area contributed by atoms with E-state index in [2.05, 4.69) is 13.8 Å². The average Bonchev–Trinajstić information content (AvgIpc) is 2.43. The van der Waals surface area contributed by atoms with E-state index in [9.17, 15) is 4.79 Å². The van der Waals surface area contributed by atoms with E-state index in [1.165, 1.54) is 5.56 Å². The number of Topliss-reactive ketones (excluding diaryl/α,β-unsaturated/α-hetero) is 1. The maximum absolute atomic E-state index is 11.8. The Morgan fingerprint density at radius 3 is 2.26 bits per heavy atom. The molecular formula is C16H24O3. The van der Waals surface area contributed by atoms with Gasteiger partial charge in [0.15, 0.2) is 5.78 Å². The molecule has 0 bridgehead atoms. The number of rotatable bonds is 10. The molecule has 3 nitrogen and oxygen atoms in total. The largest absolute Gasteiger partial charge is 0.379 e. The molecule has 0 N–H and O–H groups in total. The molecule has 1 aromatic rings. The van der Waals surface area contributed by atoms with Crippen LogP contribution in [0.25, 0.3) is 0 Å². The van der Waals surface area contributed by atoms with Gasteiger partial charge in [0.2, 0.25) is 0 Å². The molecular weight excluding hydrogens is 240 g/mol. The van der Waals surface area contributed by atoms with Crippen molar-refractivity contribution in [1.29, 1.82) is 0 Å². The van der Waals surface area contributed by atoms with E-state index < -0.39 is 0 Å². The summed E-state index contributed by atoms with van der Waals surface area (Å²) in [5.41, 5.74) is 1.99. The lowest BCUT2D eigenvalue weighted by Crippen LogP contribution is -2.12. The first-order valence-corrected chi connectivity index (χ1v) is 7.05. The van der Waals surface area contributed by atoms with Crippen molar-refractivity contribution in [2.45, 2.75) is 33.1 Å². The van der Waals surface area contributed by atoms with Gasteiger partial charge in [-0.1, -0.05) is 44.5 Å². The first kappa shape index (κ1) is 15.9. The molecule has 0 spiro atoms. The quantitative estimate of drug-likeness (QED) is 0.480. The Morgan fingerprint density at radius 1 is 0.947 bits per heavy atom. The zero-order valence-electron chi connectivity index (χ0n) is 12.0.